The average Bonchev–Trinajstić information content (AvgIpc) is 2.76. The van der Waals surface area contributed by atoms with Gasteiger partial charge in [-0.15, -0.1) is 0 Å². The van der Waals surface area contributed by atoms with Crippen molar-refractivity contribution in [1.82, 2.24) is 0 Å². The number of phenolic OH excluding ortho intramolecular Hbond substituents is 1. The largest absolute Gasteiger partial charge is 0.504 e. The van der Waals surface area contributed by atoms with Crippen LogP contribution in [0, 0.1) is 6.92 Å². The molecule has 1 atom stereocenters. The van der Waals surface area contributed by atoms with E-state index in [1.165, 1.54) is 11.6 Å². The van der Waals surface area contributed by atoms with Gasteiger partial charge in [0.1, 0.15) is 5.75 Å². The molecule has 1 unspecified atom stereocenters. The molecule has 0 saturated heterocycles. The predicted octanol–water partition coefficient (Wildman–Crippen LogP) is 7.91. The van der Waals surface area contributed by atoms with Gasteiger partial charge in [-0.1, -0.05) is 68.6 Å². The molecule has 174 valence electrons. The van der Waals surface area contributed by atoms with E-state index < -0.39 is 12.0 Å². The number of halogens is 2. The van der Waals surface area contributed by atoms with Crippen molar-refractivity contribution in [1.29, 1.82) is 0 Å². The monoisotopic (exact) mass is 477 g/mol. The van der Waals surface area contributed by atoms with Crippen LogP contribution < -0.4 is 10.1 Å². The van der Waals surface area contributed by atoms with Crippen LogP contribution in [-0.4, -0.2) is 17.1 Å². The molecule has 2 N–H and O–H groups in total. The van der Waals surface area contributed by atoms with Crippen molar-refractivity contribution >= 4 is 40.9 Å². The first-order valence-corrected chi connectivity index (χ1v) is 11.6. The second kappa shape index (κ2) is 10.6. The summed E-state index contributed by atoms with van der Waals surface area (Å²) in [5, 5.41) is 13.4. The minimum absolute atomic E-state index is 0.111. The summed E-state index contributed by atoms with van der Waals surface area (Å²) in [6.45, 7) is 14.1. The van der Waals surface area contributed by atoms with Gasteiger partial charge in [-0.25, -0.2) is 0 Å². The number of hydrogen-bond acceptors (Lipinski definition) is 3. The zero-order valence-electron chi connectivity index (χ0n) is 19.9. The van der Waals surface area contributed by atoms with Crippen molar-refractivity contribution in [3.8, 4) is 11.5 Å². The number of aromatic hydroxyl groups is 1. The number of phenols is 1. The number of anilines is 1. The van der Waals surface area contributed by atoms with Crippen LogP contribution in [0.25, 0.3) is 6.08 Å². The maximum atomic E-state index is 12.8. The summed E-state index contributed by atoms with van der Waals surface area (Å²) >= 11 is 12.3. The zero-order valence-corrected chi connectivity index (χ0v) is 21.4. The molecule has 4 nitrogen and oxygen atoms in total. The third-order valence-electron chi connectivity index (χ3n) is 5.94. The van der Waals surface area contributed by atoms with E-state index in [0.29, 0.717) is 16.3 Å². The van der Waals surface area contributed by atoms with Crippen LogP contribution >= 0.6 is 23.2 Å². The normalized spacial score (nSPS) is 13.1. The second-order valence-corrected chi connectivity index (χ2v) is 9.57. The summed E-state index contributed by atoms with van der Waals surface area (Å²) < 4.78 is 6.10. The van der Waals surface area contributed by atoms with Crippen LogP contribution in [-0.2, 0) is 10.2 Å². The third kappa shape index (κ3) is 5.99. The summed E-state index contributed by atoms with van der Waals surface area (Å²) in [6, 6.07) is 7.53. The van der Waals surface area contributed by atoms with Gasteiger partial charge >= 0.3 is 0 Å². The van der Waals surface area contributed by atoms with E-state index in [1.807, 2.05) is 12.1 Å². The molecule has 0 aromatic heterocycles. The highest BCUT2D eigenvalue weighted by Gasteiger charge is 2.26. The Morgan fingerprint density at radius 3 is 2.50 bits per heavy atom. The van der Waals surface area contributed by atoms with Crippen molar-refractivity contribution in [3.05, 3.63) is 56.6 Å². The van der Waals surface area contributed by atoms with Gasteiger partial charge in [0.15, 0.2) is 11.9 Å². The van der Waals surface area contributed by atoms with Crippen LogP contribution in [0.1, 0.15) is 71.1 Å². The van der Waals surface area contributed by atoms with Gasteiger partial charge in [0.2, 0.25) is 0 Å². The first-order valence-electron chi connectivity index (χ1n) is 10.9. The van der Waals surface area contributed by atoms with Crippen LogP contribution in [0.15, 0.2) is 29.8 Å². The molecule has 2 aromatic carbocycles. The Balaban J connectivity index is 2.32. The molecule has 0 spiro atoms. The van der Waals surface area contributed by atoms with Gasteiger partial charge in [0.05, 0.1) is 10.7 Å². The lowest BCUT2D eigenvalue weighted by Gasteiger charge is -2.28. The molecule has 0 heterocycles. The fraction of sp³-hybridized carbons (Fsp3) is 0.423. The molecule has 1 amide bonds. The summed E-state index contributed by atoms with van der Waals surface area (Å²) in [4.78, 5) is 12.8. The van der Waals surface area contributed by atoms with Crippen molar-refractivity contribution < 1.29 is 14.6 Å². The van der Waals surface area contributed by atoms with Crippen molar-refractivity contribution in [2.45, 2.75) is 72.8 Å². The third-order valence-corrected chi connectivity index (χ3v) is 6.79. The van der Waals surface area contributed by atoms with Gasteiger partial charge < -0.3 is 15.2 Å². The van der Waals surface area contributed by atoms with E-state index >= 15 is 0 Å². The van der Waals surface area contributed by atoms with E-state index in [0.717, 1.165) is 24.0 Å². The molecular weight excluding hydrogens is 445 g/mol. The number of amides is 1. The number of rotatable bonds is 8. The highest BCUT2D eigenvalue weighted by molar-refractivity contribution is 6.37. The molecule has 0 fully saturated rings. The number of allylic oxidation sites excluding steroid dienone is 1. The van der Waals surface area contributed by atoms with Gasteiger partial charge in [-0.3, -0.25) is 4.79 Å². The molecule has 0 aliphatic rings. The molecule has 0 saturated carbocycles. The van der Waals surface area contributed by atoms with Gasteiger partial charge in [-0.2, -0.15) is 0 Å². The molecule has 6 heteroatoms. The quantitative estimate of drug-likeness (QED) is 0.379. The van der Waals surface area contributed by atoms with Crippen molar-refractivity contribution in [2.75, 3.05) is 5.32 Å². The van der Waals surface area contributed by atoms with Crippen LogP contribution in [0.2, 0.25) is 10.0 Å². The van der Waals surface area contributed by atoms with Crippen LogP contribution in [0.3, 0.4) is 0 Å². The molecule has 2 rings (SSSR count). The average molecular weight is 478 g/mol. The molecule has 0 bridgehead atoms. The van der Waals surface area contributed by atoms with E-state index in [-0.39, 0.29) is 21.9 Å². The fourth-order valence-corrected chi connectivity index (χ4v) is 3.58. The highest BCUT2D eigenvalue weighted by Crippen LogP contribution is 2.39. The maximum absolute atomic E-state index is 12.8. The molecule has 0 aliphatic heterocycles. The van der Waals surface area contributed by atoms with E-state index in [4.69, 9.17) is 27.9 Å². The summed E-state index contributed by atoms with van der Waals surface area (Å²) in [5.41, 5.74) is 4.01. The smallest absolute Gasteiger partial charge is 0.265 e. The lowest BCUT2D eigenvalue weighted by atomic mass is 9.81. The van der Waals surface area contributed by atoms with Crippen LogP contribution in [0.4, 0.5) is 5.69 Å². The SMILES string of the molecule is CCC(C)=Cc1ccc(OC(C)C(=O)Nc2cc(Cl)c(C)c(Cl)c2O)c(C(C)(C)CC)c1. The summed E-state index contributed by atoms with van der Waals surface area (Å²) in [7, 11) is 0. The Labute approximate surface area is 201 Å². The van der Waals surface area contributed by atoms with Gasteiger partial charge in [0.25, 0.3) is 5.91 Å². The van der Waals surface area contributed by atoms with E-state index in [2.05, 4.69) is 52.1 Å². The highest BCUT2D eigenvalue weighted by atomic mass is 35.5. The number of ether oxygens (including phenoxy) is 1. The maximum Gasteiger partial charge on any atom is 0.265 e. The molecular formula is C26H33Cl2NO3. The van der Waals surface area contributed by atoms with Crippen molar-refractivity contribution in [2.24, 2.45) is 0 Å². The molecule has 0 radical (unpaired) electrons. The standard InChI is InChI=1S/C26H33Cl2NO3/c1-8-15(3)12-18-10-11-22(19(13-18)26(6,7)9-2)32-17(5)25(31)29-21-14-20(27)16(4)23(28)24(21)30/h10-14,17,30H,8-9H2,1-7H3,(H,29,31). The Morgan fingerprint density at radius 2 is 1.91 bits per heavy atom. The van der Waals surface area contributed by atoms with E-state index in [9.17, 15) is 9.90 Å². The lowest BCUT2D eigenvalue weighted by molar-refractivity contribution is -0.122. The number of carbonyl (C=O) groups excluding carboxylic acids is 1. The molecule has 2 aromatic rings. The van der Waals surface area contributed by atoms with Gasteiger partial charge in [-0.05, 0) is 68.4 Å². The zero-order chi connectivity index (χ0) is 24.2. The van der Waals surface area contributed by atoms with E-state index in [1.54, 1.807) is 13.8 Å². The minimum Gasteiger partial charge on any atom is -0.504 e. The Bertz CT molecular complexity index is 1030. The first kappa shape index (κ1) is 26.1. The van der Waals surface area contributed by atoms with Crippen molar-refractivity contribution in [3.63, 3.8) is 0 Å². The summed E-state index contributed by atoms with van der Waals surface area (Å²) in [6.07, 6.45) is 3.27. The number of hydrogen-bond donors (Lipinski definition) is 2. The number of benzene rings is 2. The topological polar surface area (TPSA) is 58.6 Å². The summed E-state index contributed by atoms with van der Waals surface area (Å²) in [5.74, 6) is 0.0293. The Kier molecular flexibility index (Phi) is 8.67. The number of nitrogens with one attached hydrogen (secondary N) is 1. The minimum atomic E-state index is -0.807. The Morgan fingerprint density at radius 1 is 1.25 bits per heavy atom. The number of carbonyl (C=O) groups is 1. The fourth-order valence-electron chi connectivity index (χ4n) is 3.12. The predicted molar refractivity (Wildman–Crippen MR) is 135 cm³/mol. The lowest BCUT2D eigenvalue weighted by Crippen LogP contribution is -2.31. The Hall–Kier alpha value is -2.17. The van der Waals surface area contributed by atoms with Crippen LogP contribution in [0.5, 0.6) is 11.5 Å². The second-order valence-electron chi connectivity index (χ2n) is 8.78. The molecule has 0 aliphatic carbocycles. The van der Waals surface area contributed by atoms with Gasteiger partial charge in [0, 0.05) is 10.6 Å². The molecule has 32 heavy (non-hydrogen) atoms. The first-order chi connectivity index (χ1) is 14.9.